The molecule has 2 aliphatic heterocycles. The predicted octanol–water partition coefficient (Wildman–Crippen LogP) is 1.81. The third-order valence-corrected chi connectivity index (χ3v) is 3.44. The molecule has 0 aromatic heterocycles. The molecule has 2 aliphatic rings. The SMILES string of the molecule is CCCC1(C(=O)O)CC2CCC1O2. The van der Waals surface area contributed by atoms with Crippen LogP contribution in [0.3, 0.4) is 0 Å². The Labute approximate surface area is 78.1 Å². The minimum Gasteiger partial charge on any atom is -0.481 e. The van der Waals surface area contributed by atoms with Crippen molar-refractivity contribution in [3.63, 3.8) is 0 Å². The highest BCUT2D eigenvalue weighted by molar-refractivity contribution is 5.76. The topological polar surface area (TPSA) is 46.5 Å². The second-order valence-corrected chi connectivity index (χ2v) is 4.24. The van der Waals surface area contributed by atoms with Crippen LogP contribution in [0.4, 0.5) is 0 Å². The van der Waals surface area contributed by atoms with Gasteiger partial charge in [-0.25, -0.2) is 0 Å². The molecule has 0 aromatic carbocycles. The average molecular weight is 184 g/mol. The van der Waals surface area contributed by atoms with Crippen molar-refractivity contribution < 1.29 is 14.6 Å². The van der Waals surface area contributed by atoms with E-state index in [1.807, 2.05) is 6.92 Å². The molecule has 0 amide bonds. The van der Waals surface area contributed by atoms with Gasteiger partial charge in [0.15, 0.2) is 0 Å². The lowest BCUT2D eigenvalue weighted by Gasteiger charge is -2.30. The van der Waals surface area contributed by atoms with E-state index < -0.39 is 11.4 Å². The lowest BCUT2D eigenvalue weighted by molar-refractivity contribution is -0.153. The van der Waals surface area contributed by atoms with E-state index >= 15 is 0 Å². The Hall–Kier alpha value is -0.570. The number of carboxylic acids is 1. The maximum Gasteiger partial charge on any atom is 0.312 e. The number of hydrogen-bond donors (Lipinski definition) is 1. The van der Waals surface area contributed by atoms with Crippen molar-refractivity contribution in [3.8, 4) is 0 Å². The lowest BCUT2D eigenvalue weighted by atomic mass is 9.71. The van der Waals surface area contributed by atoms with Crippen LogP contribution in [0.15, 0.2) is 0 Å². The number of carbonyl (C=O) groups is 1. The van der Waals surface area contributed by atoms with Crippen LogP contribution in [0.5, 0.6) is 0 Å². The summed E-state index contributed by atoms with van der Waals surface area (Å²) in [7, 11) is 0. The number of rotatable bonds is 3. The number of hydrogen-bond acceptors (Lipinski definition) is 2. The molecular weight excluding hydrogens is 168 g/mol. The van der Waals surface area contributed by atoms with E-state index in [9.17, 15) is 9.90 Å². The van der Waals surface area contributed by atoms with Crippen molar-refractivity contribution in [2.75, 3.05) is 0 Å². The fourth-order valence-corrected chi connectivity index (χ4v) is 2.84. The summed E-state index contributed by atoms with van der Waals surface area (Å²) in [6, 6.07) is 0. The molecule has 74 valence electrons. The molecule has 3 heteroatoms. The lowest BCUT2D eigenvalue weighted by Crippen LogP contribution is -2.40. The maximum atomic E-state index is 11.2. The highest BCUT2D eigenvalue weighted by Crippen LogP contribution is 2.50. The van der Waals surface area contributed by atoms with E-state index in [4.69, 9.17) is 4.74 Å². The highest BCUT2D eigenvalue weighted by Gasteiger charge is 2.56. The number of aliphatic carboxylic acids is 1. The third kappa shape index (κ3) is 1.17. The fraction of sp³-hybridized carbons (Fsp3) is 0.900. The molecule has 0 spiro atoms. The van der Waals surface area contributed by atoms with Crippen molar-refractivity contribution in [1.29, 1.82) is 0 Å². The normalized spacial score (nSPS) is 42.5. The van der Waals surface area contributed by atoms with Crippen LogP contribution in [0, 0.1) is 5.41 Å². The molecule has 2 rings (SSSR count). The first kappa shape index (κ1) is 9.00. The molecular formula is C10H16O3. The summed E-state index contributed by atoms with van der Waals surface area (Å²) in [6.07, 6.45) is 4.66. The Balaban J connectivity index is 2.20. The molecule has 2 fully saturated rings. The molecule has 2 saturated heterocycles. The number of fused-ring (bicyclic) bond motifs is 2. The summed E-state index contributed by atoms with van der Waals surface area (Å²) in [4.78, 5) is 11.2. The van der Waals surface area contributed by atoms with Crippen molar-refractivity contribution in [2.45, 2.75) is 51.2 Å². The fourth-order valence-electron chi connectivity index (χ4n) is 2.84. The van der Waals surface area contributed by atoms with Gasteiger partial charge in [0.2, 0.25) is 0 Å². The van der Waals surface area contributed by atoms with Gasteiger partial charge in [-0.2, -0.15) is 0 Å². The molecule has 0 saturated carbocycles. The van der Waals surface area contributed by atoms with Gasteiger partial charge in [0, 0.05) is 0 Å². The quantitative estimate of drug-likeness (QED) is 0.727. The summed E-state index contributed by atoms with van der Waals surface area (Å²) < 4.78 is 5.62. The third-order valence-electron chi connectivity index (χ3n) is 3.44. The molecule has 1 N–H and O–H groups in total. The highest BCUT2D eigenvalue weighted by atomic mass is 16.5. The van der Waals surface area contributed by atoms with Crippen LogP contribution in [-0.4, -0.2) is 23.3 Å². The average Bonchev–Trinajstić information content (AvgIpc) is 2.64. The molecule has 3 atom stereocenters. The van der Waals surface area contributed by atoms with Crippen molar-refractivity contribution in [3.05, 3.63) is 0 Å². The standard InChI is InChI=1S/C10H16O3/c1-2-5-10(9(11)12)6-7-3-4-8(10)13-7/h7-8H,2-6H2,1H3,(H,11,12). The number of ether oxygens (including phenoxy) is 1. The van der Waals surface area contributed by atoms with E-state index in [1.165, 1.54) is 0 Å². The smallest absolute Gasteiger partial charge is 0.312 e. The van der Waals surface area contributed by atoms with Gasteiger partial charge in [0.25, 0.3) is 0 Å². The van der Waals surface area contributed by atoms with Gasteiger partial charge in [0.05, 0.1) is 17.6 Å². The minimum atomic E-state index is -0.651. The van der Waals surface area contributed by atoms with E-state index in [2.05, 4.69) is 0 Å². The van der Waals surface area contributed by atoms with Crippen LogP contribution in [0.1, 0.15) is 39.0 Å². The van der Waals surface area contributed by atoms with Crippen LogP contribution in [0.2, 0.25) is 0 Å². The summed E-state index contributed by atoms with van der Waals surface area (Å²) >= 11 is 0. The van der Waals surface area contributed by atoms with Gasteiger partial charge in [-0.05, 0) is 25.7 Å². The van der Waals surface area contributed by atoms with Crippen LogP contribution < -0.4 is 0 Å². The molecule has 2 heterocycles. The van der Waals surface area contributed by atoms with Gasteiger partial charge in [-0.15, -0.1) is 0 Å². The first-order valence-electron chi connectivity index (χ1n) is 5.08. The Morgan fingerprint density at radius 1 is 1.62 bits per heavy atom. The Bertz CT molecular complexity index is 226. The minimum absolute atomic E-state index is 0.00468. The van der Waals surface area contributed by atoms with Crippen LogP contribution in [0.25, 0.3) is 0 Å². The van der Waals surface area contributed by atoms with E-state index in [1.54, 1.807) is 0 Å². The van der Waals surface area contributed by atoms with Gasteiger partial charge >= 0.3 is 5.97 Å². The second-order valence-electron chi connectivity index (χ2n) is 4.24. The summed E-state index contributed by atoms with van der Waals surface area (Å²) in [5.74, 6) is -0.651. The molecule has 3 unspecified atom stereocenters. The van der Waals surface area contributed by atoms with Gasteiger partial charge < -0.3 is 9.84 Å². The molecule has 0 aromatic rings. The van der Waals surface area contributed by atoms with Gasteiger partial charge in [0.1, 0.15) is 0 Å². The van der Waals surface area contributed by atoms with E-state index in [-0.39, 0.29) is 12.2 Å². The molecule has 0 aliphatic carbocycles. The molecule has 13 heavy (non-hydrogen) atoms. The Kier molecular flexibility index (Phi) is 2.06. The van der Waals surface area contributed by atoms with Crippen molar-refractivity contribution in [2.24, 2.45) is 5.41 Å². The summed E-state index contributed by atoms with van der Waals surface area (Å²) in [5.41, 5.74) is -0.544. The van der Waals surface area contributed by atoms with Crippen LogP contribution in [-0.2, 0) is 9.53 Å². The van der Waals surface area contributed by atoms with Crippen molar-refractivity contribution >= 4 is 5.97 Å². The zero-order valence-corrected chi connectivity index (χ0v) is 7.95. The second kappa shape index (κ2) is 2.98. The zero-order chi connectivity index (χ0) is 9.47. The summed E-state index contributed by atoms with van der Waals surface area (Å²) in [5, 5.41) is 9.24. The monoisotopic (exact) mass is 184 g/mol. The molecule has 3 nitrogen and oxygen atoms in total. The Morgan fingerprint density at radius 2 is 2.38 bits per heavy atom. The van der Waals surface area contributed by atoms with Gasteiger partial charge in [-0.1, -0.05) is 13.3 Å². The predicted molar refractivity (Wildman–Crippen MR) is 47.5 cm³/mol. The first-order valence-corrected chi connectivity index (χ1v) is 5.08. The van der Waals surface area contributed by atoms with Gasteiger partial charge in [-0.3, -0.25) is 4.79 Å². The zero-order valence-electron chi connectivity index (χ0n) is 7.95. The largest absolute Gasteiger partial charge is 0.481 e. The number of carboxylic acid groups (broad SMARTS) is 1. The Morgan fingerprint density at radius 3 is 2.77 bits per heavy atom. The molecule has 2 bridgehead atoms. The molecule has 0 radical (unpaired) electrons. The van der Waals surface area contributed by atoms with E-state index in [0.717, 1.165) is 32.1 Å². The van der Waals surface area contributed by atoms with E-state index in [0.29, 0.717) is 0 Å². The van der Waals surface area contributed by atoms with Crippen LogP contribution >= 0.6 is 0 Å². The summed E-state index contributed by atoms with van der Waals surface area (Å²) in [6.45, 7) is 2.04. The first-order chi connectivity index (χ1) is 6.19. The maximum absolute atomic E-state index is 11.2. The van der Waals surface area contributed by atoms with Crippen molar-refractivity contribution in [1.82, 2.24) is 0 Å².